The van der Waals surface area contributed by atoms with E-state index in [-0.39, 0.29) is 12.5 Å². The van der Waals surface area contributed by atoms with Crippen LogP contribution < -0.4 is 15.0 Å². The quantitative estimate of drug-likeness (QED) is 0.535. The van der Waals surface area contributed by atoms with E-state index in [0.717, 1.165) is 30.0 Å². The Labute approximate surface area is 175 Å². The third-order valence-corrected chi connectivity index (χ3v) is 4.56. The first-order valence-electron chi connectivity index (χ1n) is 9.35. The molecule has 4 rings (SSSR count). The number of nitrogens with zero attached hydrogens (tertiary/aromatic N) is 1. The number of ether oxygens (including phenoxy) is 1. The first-order valence-corrected chi connectivity index (χ1v) is 9.35. The number of para-hydroxylation sites is 2. The molecule has 0 aliphatic carbocycles. The van der Waals surface area contributed by atoms with Crippen LogP contribution in [0.25, 0.3) is 10.9 Å². The molecule has 2 heterocycles. The maximum absolute atomic E-state index is 12.1. The normalized spacial score (nSPS) is 13.3. The maximum atomic E-state index is 12.1. The lowest BCUT2D eigenvalue weighted by molar-refractivity contribution is -0.192. The molecule has 1 amide bonds. The lowest BCUT2D eigenvalue weighted by Gasteiger charge is -2.29. The highest BCUT2D eigenvalue weighted by molar-refractivity contribution is 5.97. The molecule has 1 aromatic heterocycles. The average Bonchev–Trinajstić information content (AvgIpc) is 3.22. The number of halogens is 3. The van der Waals surface area contributed by atoms with Crippen LogP contribution >= 0.6 is 0 Å². The molecule has 0 atom stereocenters. The summed E-state index contributed by atoms with van der Waals surface area (Å²) in [5, 5.41) is 11.8. The summed E-state index contributed by atoms with van der Waals surface area (Å²) in [4.78, 5) is 26.0. The second-order valence-corrected chi connectivity index (χ2v) is 6.64. The van der Waals surface area contributed by atoms with Crippen molar-refractivity contribution >= 4 is 28.5 Å². The number of carboxylic acids is 1. The number of hydrogen-bond acceptors (Lipinski definition) is 4. The number of anilines is 1. The Morgan fingerprint density at radius 1 is 1.16 bits per heavy atom. The second kappa shape index (κ2) is 9.52. The van der Waals surface area contributed by atoms with Crippen LogP contribution in [0.5, 0.6) is 5.75 Å². The number of carbonyl (C=O) groups is 2. The maximum Gasteiger partial charge on any atom is 0.490 e. The topological polar surface area (TPSA) is 94.7 Å². The fourth-order valence-electron chi connectivity index (χ4n) is 3.12. The number of amides is 1. The van der Waals surface area contributed by atoms with E-state index in [9.17, 15) is 18.0 Å². The number of hydrogen-bond donors (Lipinski definition) is 3. The summed E-state index contributed by atoms with van der Waals surface area (Å²) in [6.45, 7) is 2.23. The number of carbonyl (C=O) groups excluding carboxylic acids is 1. The van der Waals surface area contributed by atoms with Gasteiger partial charge in [-0.1, -0.05) is 24.3 Å². The van der Waals surface area contributed by atoms with E-state index in [1.54, 1.807) is 4.90 Å². The Kier molecular flexibility index (Phi) is 6.81. The van der Waals surface area contributed by atoms with Crippen LogP contribution in [-0.4, -0.2) is 47.8 Å². The summed E-state index contributed by atoms with van der Waals surface area (Å²) >= 11 is 0. The van der Waals surface area contributed by atoms with Crippen LogP contribution in [0.3, 0.4) is 0 Å². The van der Waals surface area contributed by atoms with Crippen molar-refractivity contribution in [3.63, 3.8) is 0 Å². The Bertz CT molecular complexity index is 1070. The number of alkyl halides is 3. The molecule has 0 saturated carbocycles. The minimum atomic E-state index is -5.08. The number of fused-ring (bicyclic) bond motifs is 2. The molecule has 0 saturated heterocycles. The molecule has 7 nitrogen and oxygen atoms in total. The van der Waals surface area contributed by atoms with Gasteiger partial charge in [0.2, 0.25) is 0 Å². The molecule has 1 aliphatic rings. The second-order valence-electron chi connectivity index (χ2n) is 6.64. The molecule has 0 unspecified atom stereocenters. The smallest absolute Gasteiger partial charge is 0.482 e. The first-order chi connectivity index (χ1) is 14.8. The molecule has 1 aliphatic heterocycles. The largest absolute Gasteiger partial charge is 0.490 e. The van der Waals surface area contributed by atoms with Crippen molar-refractivity contribution in [3.8, 4) is 5.75 Å². The molecular formula is C21H20F3N3O4. The van der Waals surface area contributed by atoms with E-state index < -0.39 is 12.1 Å². The molecule has 31 heavy (non-hydrogen) atoms. The van der Waals surface area contributed by atoms with Gasteiger partial charge in [-0.05, 0) is 29.8 Å². The van der Waals surface area contributed by atoms with Gasteiger partial charge in [-0.2, -0.15) is 13.2 Å². The van der Waals surface area contributed by atoms with Crippen LogP contribution in [0.2, 0.25) is 0 Å². The lowest BCUT2D eigenvalue weighted by Crippen LogP contribution is -2.42. The van der Waals surface area contributed by atoms with Crippen molar-refractivity contribution in [1.82, 2.24) is 10.3 Å². The van der Waals surface area contributed by atoms with Crippen molar-refractivity contribution in [2.75, 3.05) is 24.6 Å². The Morgan fingerprint density at radius 2 is 1.90 bits per heavy atom. The van der Waals surface area contributed by atoms with Gasteiger partial charge in [0.15, 0.2) is 6.61 Å². The van der Waals surface area contributed by atoms with Crippen LogP contribution in [0.1, 0.15) is 5.56 Å². The van der Waals surface area contributed by atoms with Crippen LogP contribution in [0, 0.1) is 0 Å². The van der Waals surface area contributed by atoms with Crippen molar-refractivity contribution < 1.29 is 32.6 Å². The SMILES string of the molecule is O=C(O)C(F)(F)F.O=C1COc2ccccc2N1CCNCc1cccc2[nH]ccc12. The lowest BCUT2D eigenvalue weighted by atomic mass is 10.1. The monoisotopic (exact) mass is 435 g/mol. The number of benzene rings is 2. The number of nitrogens with one attached hydrogen (secondary N) is 2. The van der Waals surface area contributed by atoms with Gasteiger partial charge in [-0.25, -0.2) is 4.79 Å². The summed E-state index contributed by atoms with van der Waals surface area (Å²) in [6.07, 6.45) is -3.13. The van der Waals surface area contributed by atoms with Crippen molar-refractivity contribution in [2.24, 2.45) is 0 Å². The predicted octanol–water partition coefficient (Wildman–Crippen LogP) is 3.32. The number of aliphatic carboxylic acids is 1. The summed E-state index contributed by atoms with van der Waals surface area (Å²) < 4.78 is 37.2. The molecule has 164 valence electrons. The Balaban J connectivity index is 0.000000339. The minimum absolute atomic E-state index is 0.00300. The molecule has 0 spiro atoms. The van der Waals surface area contributed by atoms with Crippen LogP contribution in [0.4, 0.5) is 18.9 Å². The summed E-state index contributed by atoms with van der Waals surface area (Å²) in [6, 6.07) is 16.0. The van der Waals surface area contributed by atoms with E-state index >= 15 is 0 Å². The summed E-state index contributed by atoms with van der Waals surface area (Å²) in [7, 11) is 0. The van der Waals surface area contributed by atoms with Gasteiger partial charge in [0.05, 0.1) is 5.69 Å². The van der Waals surface area contributed by atoms with Crippen LogP contribution in [-0.2, 0) is 16.1 Å². The standard InChI is InChI=1S/C19H19N3O2.C2HF3O2/c23-19-13-24-18-7-2-1-6-17(18)22(19)11-10-20-12-14-4-3-5-16-15(14)8-9-21-16;3-2(4,5)1(6)7/h1-9,20-21H,10-13H2;(H,6,7). The fourth-order valence-corrected chi connectivity index (χ4v) is 3.12. The Hall–Kier alpha value is -3.53. The molecule has 0 bridgehead atoms. The molecular weight excluding hydrogens is 415 g/mol. The van der Waals surface area contributed by atoms with Crippen molar-refractivity contribution in [1.29, 1.82) is 0 Å². The Morgan fingerprint density at radius 3 is 2.65 bits per heavy atom. The molecule has 2 aromatic carbocycles. The van der Waals surface area contributed by atoms with E-state index in [2.05, 4.69) is 34.6 Å². The van der Waals surface area contributed by atoms with Crippen molar-refractivity contribution in [3.05, 3.63) is 60.3 Å². The van der Waals surface area contributed by atoms with Gasteiger partial charge in [0.1, 0.15) is 5.75 Å². The van der Waals surface area contributed by atoms with Gasteiger partial charge in [-0.15, -0.1) is 0 Å². The summed E-state index contributed by atoms with van der Waals surface area (Å²) in [5.41, 5.74) is 3.25. The highest BCUT2D eigenvalue weighted by atomic mass is 19.4. The van der Waals surface area contributed by atoms with Crippen molar-refractivity contribution in [2.45, 2.75) is 12.7 Å². The van der Waals surface area contributed by atoms with E-state index in [4.69, 9.17) is 14.6 Å². The van der Waals surface area contributed by atoms with Gasteiger partial charge in [0, 0.05) is 36.7 Å². The number of aromatic nitrogens is 1. The molecule has 0 radical (unpaired) electrons. The minimum Gasteiger partial charge on any atom is -0.482 e. The van der Waals surface area contributed by atoms with Gasteiger partial charge < -0.3 is 25.0 Å². The number of H-pyrrole nitrogens is 1. The van der Waals surface area contributed by atoms with Gasteiger partial charge in [-0.3, -0.25) is 4.79 Å². The third kappa shape index (κ3) is 5.54. The van der Waals surface area contributed by atoms with Gasteiger partial charge in [0.25, 0.3) is 5.91 Å². The number of aromatic amines is 1. The zero-order valence-corrected chi connectivity index (χ0v) is 16.3. The third-order valence-electron chi connectivity index (χ3n) is 4.56. The van der Waals surface area contributed by atoms with E-state index in [0.29, 0.717) is 6.54 Å². The van der Waals surface area contributed by atoms with Gasteiger partial charge >= 0.3 is 12.1 Å². The highest BCUT2D eigenvalue weighted by Gasteiger charge is 2.38. The molecule has 3 aromatic rings. The fraction of sp³-hybridized carbons (Fsp3) is 0.238. The first kappa shape index (κ1) is 22.2. The van der Waals surface area contributed by atoms with E-state index in [1.807, 2.05) is 30.5 Å². The molecule has 10 heteroatoms. The zero-order chi connectivity index (χ0) is 22.4. The predicted molar refractivity (Wildman–Crippen MR) is 108 cm³/mol. The number of rotatable bonds is 5. The molecule has 3 N–H and O–H groups in total. The zero-order valence-electron chi connectivity index (χ0n) is 16.3. The van der Waals surface area contributed by atoms with E-state index in [1.165, 1.54) is 10.9 Å². The molecule has 0 fully saturated rings. The number of carboxylic acid groups (broad SMARTS) is 1. The average molecular weight is 435 g/mol. The van der Waals surface area contributed by atoms with Crippen LogP contribution in [0.15, 0.2) is 54.7 Å². The highest BCUT2D eigenvalue weighted by Crippen LogP contribution is 2.31. The summed E-state index contributed by atoms with van der Waals surface area (Å²) in [5.74, 6) is -1.98.